The monoisotopic (exact) mass is 415 g/mol. The molecule has 6 nitrogen and oxygen atoms in total. The Balaban J connectivity index is 1.47. The molecule has 2 aromatic carbocycles. The van der Waals surface area contributed by atoms with E-state index in [4.69, 9.17) is 4.98 Å². The lowest BCUT2D eigenvalue weighted by atomic mass is 10.2. The minimum absolute atomic E-state index is 0.179. The largest absolute Gasteiger partial charge is 0.314 e. The summed E-state index contributed by atoms with van der Waals surface area (Å²) in [5.74, 6) is 0.0450. The number of hydrogen-bond acceptors (Lipinski definition) is 5. The first-order valence-corrected chi connectivity index (χ1v) is 10.5. The van der Waals surface area contributed by atoms with Crippen molar-refractivity contribution in [3.8, 4) is 0 Å². The smallest absolute Gasteiger partial charge is 0.250 e. The zero-order valence-corrected chi connectivity index (χ0v) is 17.3. The Morgan fingerprint density at radius 1 is 1.07 bits per heavy atom. The summed E-state index contributed by atoms with van der Waals surface area (Å²) in [7, 11) is 0. The van der Waals surface area contributed by atoms with E-state index in [0.717, 1.165) is 21.8 Å². The van der Waals surface area contributed by atoms with Gasteiger partial charge in [0.25, 0.3) is 5.91 Å². The lowest BCUT2D eigenvalue weighted by Crippen LogP contribution is -2.21. The first-order chi connectivity index (χ1) is 14.7. The maximum atomic E-state index is 12.3. The van der Waals surface area contributed by atoms with E-state index in [1.165, 1.54) is 17.3 Å². The van der Waals surface area contributed by atoms with Gasteiger partial charge in [-0.15, -0.1) is 0 Å². The van der Waals surface area contributed by atoms with Gasteiger partial charge in [0.2, 0.25) is 0 Å². The number of benzene rings is 2. The topological polar surface area (TPSA) is 72.2 Å². The van der Waals surface area contributed by atoms with Crippen LogP contribution in [0.2, 0.25) is 0 Å². The van der Waals surface area contributed by atoms with Crippen LogP contribution in [0.1, 0.15) is 18.1 Å². The molecule has 1 N–H and O–H groups in total. The number of nitrogens with one attached hydrogen (secondary N) is 1. The third kappa shape index (κ3) is 4.75. The Morgan fingerprint density at radius 2 is 1.87 bits per heavy atom. The number of hydrazone groups is 1. The van der Waals surface area contributed by atoms with Gasteiger partial charge < -0.3 is 4.57 Å². The summed E-state index contributed by atoms with van der Waals surface area (Å²) in [6, 6.07) is 22.0. The van der Waals surface area contributed by atoms with Crippen molar-refractivity contribution in [3.63, 3.8) is 0 Å². The molecule has 1 amide bonds. The van der Waals surface area contributed by atoms with Gasteiger partial charge in [-0.3, -0.25) is 9.78 Å². The molecule has 0 saturated carbocycles. The predicted molar refractivity (Wildman–Crippen MR) is 121 cm³/mol. The van der Waals surface area contributed by atoms with Crippen LogP contribution in [0.15, 0.2) is 89.4 Å². The summed E-state index contributed by atoms with van der Waals surface area (Å²) in [5, 5.41) is 4.98. The van der Waals surface area contributed by atoms with Crippen LogP contribution in [-0.2, 0) is 11.3 Å². The van der Waals surface area contributed by atoms with Crippen molar-refractivity contribution in [2.24, 2.45) is 5.10 Å². The van der Waals surface area contributed by atoms with Crippen LogP contribution in [0.3, 0.4) is 0 Å². The van der Waals surface area contributed by atoms with E-state index in [0.29, 0.717) is 12.3 Å². The lowest BCUT2D eigenvalue weighted by Gasteiger charge is -2.09. The third-order valence-corrected chi connectivity index (χ3v) is 5.54. The highest BCUT2D eigenvalue weighted by molar-refractivity contribution is 7.99. The van der Waals surface area contributed by atoms with Gasteiger partial charge in [-0.05, 0) is 30.7 Å². The maximum Gasteiger partial charge on any atom is 0.250 e. The minimum Gasteiger partial charge on any atom is -0.314 e. The van der Waals surface area contributed by atoms with Gasteiger partial charge in [0.1, 0.15) is 0 Å². The average Bonchev–Trinajstić information content (AvgIpc) is 3.14. The Bertz CT molecular complexity index is 1170. The second kappa shape index (κ2) is 9.37. The molecule has 0 bridgehead atoms. The number of carbonyl (C=O) groups excluding carboxylic acids is 1. The van der Waals surface area contributed by atoms with Crippen LogP contribution >= 0.6 is 11.8 Å². The molecule has 7 heteroatoms. The van der Waals surface area contributed by atoms with E-state index in [2.05, 4.69) is 38.3 Å². The van der Waals surface area contributed by atoms with Crippen molar-refractivity contribution in [3.05, 3.63) is 90.3 Å². The van der Waals surface area contributed by atoms with Crippen LogP contribution in [0.5, 0.6) is 0 Å². The first-order valence-electron chi connectivity index (χ1n) is 9.56. The molecule has 4 aromatic rings. The number of thioether (sulfide) groups is 1. The van der Waals surface area contributed by atoms with Gasteiger partial charge in [0.15, 0.2) is 5.16 Å². The van der Waals surface area contributed by atoms with Crippen LogP contribution in [0, 0.1) is 0 Å². The lowest BCUT2D eigenvalue weighted by molar-refractivity contribution is -0.118. The van der Waals surface area contributed by atoms with Crippen molar-refractivity contribution in [2.75, 3.05) is 5.75 Å². The highest BCUT2D eigenvalue weighted by Crippen LogP contribution is 2.25. The van der Waals surface area contributed by atoms with Gasteiger partial charge in [-0.25, -0.2) is 10.4 Å². The molecule has 0 aliphatic heterocycles. The van der Waals surface area contributed by atoms with E-state index in [-0.39, 0.29) is 11.7 Å². The van der Waals surface area contributed by atoms with E-state index in [9.17, 15) is 4.79 Å². The summed E-state index contributed by atoms with van der Waals surface area (Å²) in [6.07, 6.45) is 3.42. The maximum absolute atomic E-state index is 12.3. The summed E-state index contributed by atoms with van der Waals surface area (Å²) in [4.78, 5) is 21.1. The Morgan fingerprint density at radius 3 is 2.67 bits per heavy atom. The number of hydrogen-bond donors (Lipinski definition) is 1. The molecule has 30 heavy (non-hydrogen) atoms. The highest BCUT2D eigenvalue weighted by Gasteiger charge is 2.13. The fourth-order valence-corrected chi connectivity index (χ4v) is 3.84. The fourth-order valence-electron chi connectivity index (χ4n) is 3.03. The van der Waals surface area contributed by atoms with E-state index in [1.54, 1.807) is 12.4 Å². The molecule has 0 unspecified atom stereocenters. The van der Waals surface area contributed by atoms with Crippen LogP contribution in [-0.4, -0.2) is 31.9 Å². The van der Waals surface area contributed by atoms with Crippen molar-refractivity contribution in [1.82, 2.24) is 20.0 Å². The predicted octanol–water partition coefficient (Wildman–Crippen LogP) is 4.11. The number of aromatic nitrogens is 3. The molecule has 0 aliphatic rings. The standard InChI is InChI=1S/C23H21N5OS/c1-17(19-10-7-13-24-14-19)26-27-22(29)16-30-23-25-20-11-5-6-12-21(20)28(23)15-18-8-3-2-4-9-18/h2-14H,15-16H2,1H3,(H,27,29)/b26-17-. The van der Waals surface area contributed by atoms with Crippen LogP contribution < -0.4 is 5.43 Å². The molecule has 0 spiro atoms. The van der Waals surface area contributed by atoms with Crippen molar-refractivity contribution < 1.29 is 4.79 Å². The van der Waals surface area contributed by atoms with Crippen molar-refractivity contribution in [1.29, 1.82) is 0 Å². The number of carbonyl (C=O) groups is 1. The number of imidazole rings is 1. The summed E-state index contributed by atoms with van der Waals surface area (Å²) in [6.45, 7) is 2.54. The number of nitrogens with zero attached hydrogens (tertiary/aromatic N) is 4. The molecule has 0 aliphatic carbocycles. The molecule has 150 valence electrons. The van der Waals surface area contributed by atoms with E-state index >= 15 is 0 Å². The molecule has 2 aromatic heterocycles. The third-order valence-electron chi connectivity index (χ3n) is 4.56. The Hall–Kier alpha value is -3.45. The van der Waals surface area contributed by atoms with Crippen LogP contribution in [0.25, 0.3) is 11.0 Å². The number of fused-ring (bicyclic) bond motifs is 1. The molecule has 0 atom stereocenters. The van der Waals surface area contributed by atoms with Gasteiger partial charge in [0, 0.05) is 18.0 Å². The second-order valence-corrected chi connectivity index (χ2v) is 7.66. The summed E-state index contributed by atoms with van der Waals surface area (Å²) < 4.78 is 2.15. The quantitative estimate of drug-likeness (QED) is 0.280. The Labute approximate surface area is 179 Å². The molecular formula is C23H21N5OS. The second-order valence-electron chi connectivity index (χ2n) is 6.72. The van der Waals surface area contributed by atoms with Gasteiger partial charge in [-0.1, -0.05) is 60.3 Å². The normalized spacial score (nSPS) is 11.6. The Kier molecular flexibility index (Phi) is 6.20. The van der Waals surface area contributed by atoms with Gasteiger partial charge >= 0.3 is 0 Å². The molecule has 0 saturated heterocycles. The van der Waals surface area contributed by atoms with Gasteiger partial charge in [-0.2, -0.15) is 5.10 Å². The first kappa shape index (κ1) is 19.8. The SMILES string of the molecule is C/C(=N/NC(=O)CSc1nc2ccccc2n1Cc1ccccc1)c1cccnc1. The number of para-hydroxylation sites is 2. The molecule has 2 heterocycles. The van der Waals surface area contributed by atoms with E-state index in [1.807, 2.05) is 55.5 Å². The zero-order valence-electron chi connectivity index (χ0n) is 16.5. The zero-order chi connectivity index (χ0) is 20.8. The molecule has 0 radical (unpaired) electrons. The summed E-state index contributed by atoms with van der Waals surface area (Å²) in [5.41, 5.74) is 7.35. The number of pyridine rings is 1. The van der Waals surface area contributed by atoms with Crippen LogP contribution in [0.4, 0.5) is 0 Å². The molecule has 4 rings (SSSR count). The highest BCUT2D eigenvalue weighted by atomic mass is 32.2. The minimum atomic E-state index is -0.179. The number of amides is 1. The summed E-state index contributed by atoms with van der Waals surface area (Å²) >= 11 is 1.41. The number of rotatable bonds is 7. The molecular weight excluding hydrogens is 394 g/mol. The van der Waals surface area contributed by atoms with E-state index < -0.39 is 0 Å². The average molecular weight is 416 g/mol. The van der Waals surface area contributed by atoms with Crippen molar-refractivity contribution in [2.45, 2.75) is 18.6 Å². The van der Waals surface area contributed by atoms with Crippen molar-refractivity contribution >= 4 is 34.4 Å². The fraction of sp³-hybridized carbons (Fsp3) is 0.130. The molecule has 0 fully saturated rings. The van der Waals surface area contributed by atoms with Gasteiger partial charge in [0.05, 0.1) is 29.0 Å².